The number of hydrogen-bond acceptors (Lipinski definition) is 3. The van der Waals surface area contributed by atoms with Crippen molar-refractivity contribution in [2.45, 2.75) is 12.2 Å². The molecule has 0 aliphatic carbocycles. The summed E-state index contributed by atoms with van der Waals surface area (Å²) < 4.78 is 4.99. The molecule has 0 bridgehead atoms. The van der Waals surface area contributed by atoms with Crippen molar-refractivity contribution in [2.75, 3.05) is 19.5 Å². The van der Waals surface area contributed by atoms with E-state index < -0.39 is 0 Å². The van der Waals surface area contributed by atoms with Crippen LogP contribution in [-0.4, -0.2) is 25.3 Å². The van der Waals surface area contributed by atoms with Crippen LogP contribution in [0.1, 0.15) is 17.5 Å². The van der Waals surface area contributed by atoms with E-state index in [9.17, 15) is 0 Å². The predicted octanol–water partition coefficient (Wildman–Crippen LogP) is 2.24. The maximum absolute atomic E-state index is 7.47. The van der Waals surface area contributed by atoms with Crippen LogP contribution in [0.25, 0.3) is 0 Å². The summed E-state index contributed by atoms with van der Waals surface area (Å²) in [6, 6.07) is 7.82. The molecular formula is C12H18N2OS. The van der Waals surface area contributed by atoms with E-state index in [0.717, 1.165) is 35.7 Å². The van der Waals surface area contributed by atoms with Crippen LogP contribution in [0.3, 0.4) is 0 Å². The monoisotopic (exact) mass is 238 g/mol. The second kappa shape index (κ2) is 7.30. The lowest BCUT2D eigenvalue weighted by atomic mass is 10.1. The van der Waals surface area contributed by atoms with E-state index in [0.29, 0.717) is 0 Å². The van der Waals surface area contributed by atoms with Gasteiger partial charge >= 0.3 is 0 Å². The number of nitrogen functional groups attached to an aromatic ring is 1. The third-order valence-corrected chi connectivity index (χ3v) is 3.29. The second-order valence-electron chi connectivity index (χ2n) is 3.47. The molecule has 1 rings (SSSR count). The highest BCUT2D eigenvalue weighted by Gasteiger charge is 2.03. The van der Waals surface area contributed by atoms with Gasteiger partial charge in [0.1, 0.15) is 5.84 Å². The lowest BCUT2D eigenvalue weighted by molar-refractivity contribution is 0.200. The van der Waals surface area contributed by atoms with Gasteiger partial charge in [-0.05, 0) is 17.7 Å². The molecule has 3 nitrogen and oxygen atoms in total. The molecule has 0 spiro atoms. The SMILES string of the molecule is COCCCSCc1ccccc1C(=N)N. The first kappa shape index (κ1) is 13.1. The normalized spacial score (nSPS) is 10.3. The first-order valence-corrected chi connectivity index (χ1v) is 6.40. The molecule has 1 aromatic rings. The van der Waals surface area contributed by atoms with Crippen LogP contribution in [0, 0.1) is 5.41 Å². The fourth-order valence-electron chi connectivity index (χ4n) is 1.40. The topological polar surface area (TPSA) is 59.1 Å². The van der Waals surface area contributed by atoms with Gasteiger partial charge in [0, 0.05) is 25.0 Å². The minimum atomic E-state index is 0.146. The number of benzene rings is 1. The van der Waals surface area contributed by atoms with E-state index in [1.165, 1.54) is 0 Å². The van der Waals surface area contributed by atoms with Crippen molar-refractivity contribution in [1.29, 1.82) is 5.41 Å². The van der Waals surface area contributed by atoms with Crippen LogP contribution in [0.2, 0.25) is 0 Å². The minimum Gasteiger partial charge on any atom is -0.385 e. The smallest absolute Gasteiger partial charge is 0.123 e. The molecule has 0 unspecified atom stereocenters. The Morgan fingerprint density at radius 2 is 2.19 bits per heavy atom. The molecule has 0 fully saturated rings. The number of rotatable bonds is 7. The number of amidine groups is 1. The highest BCUT2D eigenvalue weighted by molar-refractivity contribution is 7.98. The zero-order chi connectivity index (χ0) is 11.8. The Bertz CT molecular complexity index is 342. The van der Waals surface area contributed by atoms with Gasteiger partial charge in [-0.25, -0.2) is 0 Å². The van der Waals surface area contributed by atoms with Gasteiger partial charge in [0.25, 0.3) is 0 Å². The molecule has 0 saturated carbocycles. The van der Waals surface area contributed by atoms with Crippen molar-refractivity contribution >= 4 is 17.6 Å². The molecule has 0 atom stereocenters. The largest absolute Gasteiger partial charge is 0.385 e. The summed E-state index contributed by atoms with van der Waals surface area (Å²) in [5, 5.41) is 7.47. The van der Waals surface area contributed by atoms with Crippen molar-refractivity contribution in [1.82, 2.24) is 0 Å². The third-order valence-electron chi connectivity index (χ3n) is 2.20. The molecule has 3 N–H and O–H groups in total. The Labute approximate surface area is 101 Å². The summed E-state index contributed by atoms with van der Waals surface area (Å²) in [5.41, 5.74) is 7.51. The molecule has 16 heavy (non-hydrogen) atoms. The molecule has 0 amide bonds. The van der Waals surface area contributed by atoms with Crippen LogP contribution in [0.15, 0.2) is 24.3 Å². The van der Waals surface area contributed by atoms with Gasteiger partial charge < -0.3 is 10.5 Å². The van der Waals surface area contributed by atoms with Gasteiger partial charge in [-0.2, -0.15) is 11.8 Å². The summed E-state index contributed by atoms with van der Waals surface area (Å²) in [6.07, 6.45) is 1.06. The standard InChI is InChI=1S/C12H18N2OS/c1-15-7-4-8-16-9-10-5-2-3-6-11(10)12(13)14/h2-3,5-6H,4,7-9H2,1H3,(H3,13,14). The van der Waals surface area contributed by atoms with Crippen molar-refractivity contribution in [2.24, 2.45) is 5.73 Å². The van der Waals surface area contributed by atoms with Crippen molar-refractivity contribution in [3.8, 4) is 0 Å². The van der Waals surface area contributed by atoms with Crippen LogP contribution in [0.5, 0.6) is 0 Å². The van der Waals surface area contributed by atoms with Crippen LogP contribution in [0.4, 0.5) is 0 Å². The average molecular weight is 238 g/mol. The maximum atomic E-state index is 7.47. The van der Waals surface area contributed by atoms with Gasteiger partial charge in [-0.15, -0.1) is 0 Å². The van der Waals surface area contributed by atoms with E-state index in [4.69, 9.17) is 15.9 Å². The number of ether oxygens (including phenoxy) is 1. The number of nitrogens with two attached hydrogens (primary N) is 1. The molecule has 0 heterocycles. The second-order valence-corrected chi connectivity index (χ2v) is 4.57. The highest BCUT2D eigenvalue weighted by Crippen LogP contribution is 2.16. The third kappa shape index (κ3) is 4.24. The molecule has 0 aliphatic heterocycles. The molecule has 0 aromatic heterocycles. The van der Waals surface area contributed by atoms with E-state index in [1.807, 2.05) is 36.0 Å². The van der Waals surface area contributed by atoms with Gasteiger partial charge in [0.15, 0.2) is 0 Å². The Morgan fingerprint density at radius 3 is 2.88 bits per heavy atom. The molecule has 0 aliphatic rings. The molecule has 0 saturated heterocycles. The maximum Gasteiger partial charge on any atom is 0.123 e. The van der Waals surface area contributed by atoms with Crippen LogP contribution in [-0.2, 0) is 10.5 Å². The van der Waals surface area contributed by atoms with Crippen molar-refractivity contribution in [3.05, 3.63) is 35.4 Å². The van der Waals surface area contributed by atoms with Crippen molar-refractivity contribution < 1.29 is 4.74 Å². The first-order valence-electron chi connectivity index (χ1n) is 5.24. The molecule has 4 heteroatoms. The summed E-state index contributed by atoms with van der Waals surface area (Å²) in [7, 11) is 1.72. The molecule has 1 aromatic carbocycles. The lowest BCUT2D eigenvalue weighted by Gasteiger charge is -2.07. The molecule has 88 valence electrons. The summed E-state index contributed by atoms with van der Waals surface area (Å²) >= 11 is 1.85. The summed E-state index contributed by atoms with van der Waals surface area (Å²) in [4.78, 5) is 0. The van der Waals surface area contributed by atoms with E-state index in [-0.39, 0.29) is 5.84 Å². The fraction of sp³-hybridized carbons (Fsp3) is 0.417. The molecule has 0 radical (unpaired) electrons. The fourth-order valence-corrected chi connectivity index (χ4v) is 2.33. The van der Waals surface area contributed by atoms with Crippen LogP contribution >= 0.6 is 11.8 Å². The summed E-state index contributed by atoms with van der Waals surface area (Å²) in [6.45, 7) is 0.807. The zero-order valence-corrected chi connectivity index (χ0v) is 10.3. The number of nitrogens with one attached hydrogen (secondary N) is 1. The molecular weight excluding hydrogens is 220 g/mol. The van der Waals surface area contributed by atoms with Gasteiger partial charge in [-0.1, -0.05) is 24.3 Å². The zero-order valence-electron chi connectivity index (χ0n) is 9.53. The number of methoxy groups -OCH3 is 1. The lowest BCUT2D eigenvalue weighted by Crippen LogP contribution is -2.13. The average Bonchev–Trinajstić information content (AvgIpc) is 2.29. The number of thioether (sulfide) groups is 1. The Morgan fingerprint density at radius 1 is 1.44 bits per heavy atom. The summed E-state index contributed by atoms with van der Waals surface area (Å²) in [5.74, 6) is 2.12. The first-order chi connectivity index (χ1) is 7.75. The van der Waals surface area contributed by atoms with Crippen LogP contribution < -0.4 is 5.73 Å². The van der Waals surface area contributed by atoms with Crippen molar-refractivity contribution in [3.63, 3.8) is 0 Å². The van der Waals surface area contributed by atoms with Gasteiger partial charge in [0.2, 0.25) is 0 Å². The van der Waals surface area contributed by atoms with Gasteiger partial charge in [-0.3, -0.25) is 5.41 Å². The van der Waals surface area contributed by atoms with E-state index >= 15 is 0 Å². The minimum absolute atomic E-state index is 0.146. The quantitative estimate of drug-likeness (QED) is 0.435. The Hall–Kier alpha value is -1.00. The Balaban J connectivity index is 2.44. The highest BCUT2D eigenvalue weighted by atomic mass is 32.2. The number of hydrogen-bond donors (Lipinski definition) is 2. The van der Waals surface area contributed by atoms with Gasteiger partial charge in [0.05, 0.1) is 0 Å². The van der Waals surface area contributed by atoms with E-state index in [1.54, 1.807) is 7.11 Å². The Kier molecular flexibility index (Phi) is 5.96. The predicted molar refractivity (Wildman–Crippen MR) is 70.1 cm³/mol. The van der Waals surface area contributed by atoms with E-state index in [2.05, 4.69) is 0 Å².